The minimum Gasteiger partial charge on any atom is -0.481 e. The Morgan fingerprint density at radius 1 is 1.57 bits per heavy atom. The van der Waals surface area contributed by atoms with E-state index in [9.17, 15) is 19.1 Å². The number of nitrogens with one attached hydrogen (secondary N) is 1. The Kier molecular flexibility index (Phi) is 3.20. The predicted molar refractivity (Wildman–Crippen MR) is 73.0 cm³/mol. The Morgan fingerprint density at radius 3 is 2.95 bits per heavy atom. The summed E-state index contributed by atoms with van der Waals surface area (Å²) in [5, 5.41) is 12.5. The molecule has 2 N–H and O–H groups in total. The van der Waals surface area contributed by atoms with Gasteiger partial charge in [-0.05, 0) is 24.1 Å². The van der Waals surface area contributed by atoms with Gasteiger partial charge in [-0.1, -0.05) is 12.1 Å². The average molecular weight is 292 g/mol. The summed E-state index contributed by atoms with van der Waals surface area (Å²) in [5.41, 5.74) is 0.190. The van der Waals surface area contributed by atoms with Gasteiger partial charge in [0.15, 0.2) is 0 Å². The number of halogens is 1. The van der Waals surface area contributed by atoms with Crippen LogP contribution in [-0.4, -0.2) is 41.5 Å². The lowest BCUT2D eigenvalue weighted by Crippen LogP contribution is -2.40. The van der Waals surface area contributed by atoms with Crippen molar-refractivity contribution in [3.63, 3.8) is 0 Å². The standard InChI is InChI=1S/C15H17FN2O3/c1-9-2-3-10(4-12(9)16)6-18-8-15(14(20)21)7-17-5-11(15)13(18)19/h2-4,11,17H,5-8H2,1H3,(H,20,21)/t11-,15-/m0/s1. The molecule has 2 saturated heterocycles. The molecule has 0 aliphatic carbocycles. The van der Waals surface area contributed by atoms with Crippen molar-refractivity contribution in [2.45, 2.75) is 13.5 Å². The van der Waals surface area contributed by atoms with Gasteiger partial charge in [0.2, 0.25) is 5.91 Å². The van der Waals surface area contributed by atoms with Gasteiger partial charge in [0.25, 0.3) is 0 Å². The lowest BCUT2D eigenvalue weighted by atomic mass is 9.81. The molecule has 3 rings (SSSR count). The number of aliphatic carboxylic acids is 1. The third-order valence-corrected chi connectivity index (χ3v) is 4.57. The molecule has 0 unspecified atom stereocenters. The van der Waals surface area contributed by atoms with Crippen LogP contribution in [0.2, 0.25) is 0 Å². The predicted octanol–water partition coefficient (Wildman–Crippen LogP) is 0.767. The summed E-state index contributed by atoms with van der Waals surface area (Å²) in [6.07, 6.45) is 0. The lowest BCUT2D eigenvalue weighted by molar-refractivity contribution is -0.149. The first-order chi connectivity index (χ1) is 9.94. The Hall–Kier alpha value is -1.95. The van der Waals surface area contributed by atoms with Gasteiger partial charge in [0, 0.05) is 26.2 Å². The molecule has 2 fully saturated rings. The highest BCUT2D eigenvalue weighted by Gasteiger charge is 2.59. The third kappa shape index (κ3) is 2.10. The number of fused-ring (bicyclic) bond motifs is 1. The molecular formula is C15H17FN2O3. The number of rotatable bonds is 3. The normalized spacial score (nSPS) is 28.0. The van der Waals surface area contributed by atoms with Gasteiger partial charge in [-0.15, -0.1) is 0 Å². The van der Waals surface area contributed by atoms with Crippen LogP contribution in [0, 0.1) is 24.1 Å². The van der Waals surface area contributed by atoms with Gasteiger partial charge in [-0.3, -0.25) is 9.59 Å². The number of carbonyl (C=O) groups is 2. The molecule has 1 aromatic rings. The first-order valence-electron chi connectivity index (χ1n) is 6.92. The van der Waals surface area contributed by atoms with Crippen molar-refractivity contribution in [3.05, 3.63) is 35.1 Å². The van der Waals surface area contributed by atoms with Crippen molar-refractivity contribution in [3.8, 4) is 0 Å². The van der Waals surface area contributed by atoms with E-state index in [1.54, 1.807) is 19.1 Å². The number of carboxylic acids is 1. The molecule has 0 spiro atoms. The van der Waals surface area contributed by atoms with E-state index >= 15 is 0 Å². The molecule has 2 aliphatic heterocycles. The van der Waals surface area contributed by atoms with E-state index in [1.807, 2.05) is 0 Å². The maximum absolute atomic E-state index is 13.6. The molecule has 0 radical (unpaired) electrons. The number of carboxylic acid groups (broad SMARTS) is 1. The molecule has 2 aliphatic rings. The summed E-state index contributed by atoms with van der Waals surface area (Å²) < 4.78 is 13.6. The van der Waals surface area contributed by atoms with Gasteiger partial charge in [-0.2, -0.15) is 0 Å². The highest BCUT2D eigenvalue weighted by atomic mass is 19.1. The Balaban J connectivity index is 1.83. The monoisotopic (exact) mass is 292 g/mol. The number of benzene rings is 1. The van der Waals surface area contributed by atoms with Crippen LogP contribution in [0.3, 0.4) is 0 Å². The van der Waals surface area contributed by atoms with Gasteiger partial charge in [0.1, 0.15) is 11.2 Å². The summed E-state index contributed by atoms with van der Waals surface area (Å²) in [5.74, 6) is -1.94. The van der Waals surface area contributed by atoms with Gasteiger partial charge in [-0.25, -0.2) is 4.39 Å². The van der Waals surface area contributed by atoms with Crippen LogP contribution < -0.4 is 5.32 Å². The molecule has 21 heavy (non-hydrogen) atoms. The quantitative estimate of drug-likeness (QED) is 0.863. The van der Waals surface area contributed by atoms with Crippen molar-refractivity contribution in [2.24, 2.45) is 11.3 Å². The molecule has 5 nitrogen and oxygen atoms in total. The van der Waals surface area contributed by atoms with Gasteiger partial charge >= 0.3 is 5.97 Å². The fourth-order valence-corrected chi connectivity index (χ4v) is 3.27. The zero-order valence-electron chi connectivity index (χ0n) is 11.7. The van der Waals surface area contributed by atoms with Crippen LogP contribution >= 0.6 is 0 Å². The Labute approximate surface area is 121 Å². The van der Waals surface area contributed by atoms with Crippen LogP contribution in [-0.2, 0) is 16.1 Å². The van der Waals surface area contributed by atoms with Crippen LogP contribution in [0.1, 0.15) is 11.1 Å². The zero-order chi connectivity index (χ0) is 15.2. The van der Waals surface area contributed by atoms with Gasteiger partial charge < -0.3 is 15.3 Å². The highest BCUT2D eigenvalue weighted by molar-refractivity contribution is 5.92. The Morgan fingerprint density at radius 2 is 2.33 bits per heavy atom. The average Bonchev–Trinajstić information content (AvgIpc) is 2.95. The number of carbonyl (C=O) groups excluding carboxylic acids is 1. The van der Waals surface area contributed by atoms with E-state index in [-0.39, 0.29) is 24.8 Å². The molecule has 0 aromatic heterocycles. The summed E-state index contributed by atoms with van der Waals surface area (Å²) in [7, 11) is 0. The maximum Gasteiger partial charge on any atom is 0.313 e. The number of amides is 1. The van der Waals surface area contributed by atoms with Crippen LogP contribution in [0.15, 0.2) is 18.2 Å². The van der Waals surface area contributed by atoms with Crippen LogP contribution in [0.4, 0.5) is 4.39 Å². The summed E-state index contributed by atoms with van der Waals surface area (Å²) in [4.78, 5) is 25.5. The molecule has 2 heterocycles. The zero-order valence-corrected chi connectivity index (χ0v) is 11.7. The topological polar surface area (TPSA) is 69.6 Å². The minimum absolute atomic E-state index is 0.164. The molecule has 6 heteroatoms. The fraction of sp³-hybridized carbons (Fsp3) is 0.467. The lowest BCUT2D eigenvalue weighted by Gasteiger charge is -2.22. The summed E-state index contributed by atoms with van der Waals surface area (Å²) in [6.45, 7) is 2.80. The van der Waals surface area contributed by atoms with Crippen molar-refractivity contribution in [2.75, 3.05) is 19.6 Å². The molecule has 1 amide bonds. The number of hydrogen-bond acceptors (Lipinski definition) is 3. The van der Waals surface area contributed by atoms with Gasteiger partial charge in [0.05, 0.1) is 5.92 Å². The van der Waals surface area contributed by atoms with E-state index in [1.165, 1.54) is 11.0 Å². The van der Waals surface area contributed by atoms with E-state index in [2.05, 4.69) is 5.32 Å². The van der Waals surface area contributed by atoms with Crippen molar-refractivity contribution < 1.29 is 19.1 Å². The minimum atomic E-state index is -1.04. The van der Waals surface area contributed by atoms with E-state index in [4.69, 9.17) is 0 Å². The molecule has 0 bridgehead atoms. The first kappa shape index (κ1) is 14.0. The van der Waals surface area contributed by atoms with Crippen LogP contribution in [0.25, 0.3) is 0 Å². The number of nitrogens with zero attached hydrogens (tertiary/aromatic N) is 1. The maximum atomic E-state index is 13.6. The SMILES string of the molecule is Cc1ccc(CN2C[C@@]3(C(=O)O)CNC[C@H]3C2=O)cc1F. The molecule has 0 saturated carbocycles. The first-order valence-corrected chi connectivity index (χ1v) is 6.92. The molecular weight excluding hydrogens is 275 g/mol. The summed E-state index contributed by atoms with van der Waals surface area (Å²) in [6, 6.07) is 4.84. The second-order valence-corrected chi connectivity index (χ2v) is 5.92. The Bertz CT molecular complexity index is 619. The van der Waals surface area contributed by atoms with E-state index in [0.29, 0.717) is 24.2 Å². The molecule has 1 aromatic carbocycles. The number of hydrogen-bond donors (Lipinski definition) is 2. The van der Waals surface area contributed by atoms with E-state index < -0.39 is 17.3 Å². The van der Waals surface area contributed by atoms with Crippen molar-refractivity contribution >= 4 is 11.9 Å². The van der Waals surface area contributed by atoms with Crippen LogP contribution in [0.5, 0.6) is 0 Å². The van der Waals surface area contributed by atoms with Crippen molar-refractivity contribution in [1.29, 1.82) is 0 Å². The third-order valence-electron chi connectivity index (χ3n) is 4.57. The van der Waals surface area contributed by atoms with E-state index in [0.717, 1.165) is 0 Å². The number of likely N-dealkylation sites (tertiary alicyclic amines) is 1. The smallest absolute Gasteiger partial charge is 0.313 e. The highest BCUT2D eigenvalue weighted by Crippen LogP contribution is 2.40. The van der Waals surface area contributed by atoms with Crippen molar-refractivity contribution in [1.82, 2.24) is 10.2 Å². The number of aryl methyl sites for hydroxylation is 1. The fourth-order valence-electron chi connectivity index (χ4n) is 3.27. The second-order valence-electron chi connectivity index (χ2n) is 5.92. The molecule has 2 atom stereocenters. The largest absolute Gasteiger partial charge is 0.481 e. The molecule has 112 valence electrons. The second kappa shape index (κ2) is 4.80. The summed E-state index contributed by atoms with van der Waals surface area (Å²) >= 11 is 0.